The van der Waals surface area contributed by atoms with Crippen molar-refractivity contribution in [3.8, 4) is 0 Å². The molecular formula is C14H22Cl2N4O3S. The van der Waals surface area contributed by atoms with Gasteiger partial charge < -0.3 is 10.6 Å². The predicted octanol–water partition coefficient (Wildman–Crippen LogP) is 1.52. The molecule has 1 heterocycles. The predicted molar refractivity (Wildman–Crippen MR) is 101 cm³/mol. The average Bonchev–Trinajstić information content (AvgIpc) is 2.46. The fourth-order valence-corrected chi connectivity index (χ4v) is 2.77. The molecular weight excluding hydrogens is 375 g/mol. The maximum Gasteiger partial charge on any atom is 0.257 e. The minimum Gasteiger partial charge on any atom is -0.372 e. The minimum absolute atomic E-state index is 0. The number of nitrogens with one attached hydrogen (secondary N) is 1. The van der Waals surface area contributed by atoms with Crippen molar-refractivity contribution < 1.29 is 13.2 Å². The first-order valence-electron chi connectivity index (χ1n) is 7.07. The van der Waals surface area contributed by atoms with E-state index in [-0.39, 0.29) is 24.8 Å². The molecule has 1 fully saturated rings. The van der Waals surface area contributed by atoms with E-state index in [4.69, 9.17) is 5.73 Å². The first-order valence-corrected chi connectivity index (χ1v) is 8.92. The third-order valence-corrected chi connectivity index (χ3v) is 3.88. The van der Waals surface area contributed by atoms with Crippen LogP contribution in [0.4, 0.5) is 5.69 Å². The van der Waals surface area contributed by atoms with Crippen molar-refractivity contribution in [1.29, 1.82) is 0 Å². The molecule has 0 saturated carbocycles. The van der Waals surface area contributed by atoms with Crippen LogP contribution in [0.3, 0.4) is 0 Å². The van der Waals surface area contributed by atoms with Crippen LogP contribution in [0.5, 0.6) is 0 Å². The molecule has 3 N–H and O–H groups in total. The molecule has 0 radical (unpaired) electrons. The Morgan fingerprint density at radius 3 is 2.17 bits per heavy atom. The summed E-state index contributed by atoms with van der Waals surface area (Å²) in [5, 5.41) is 2.25. The number of guanidine groups is 1. The van der Waals surface area contributed by atoms with Crippen LogP contribution in [0.2, 0.25) is 0 Å². The lowest BCUT2D eigenvalue weighted by molar-refractivity contribution is 0.0977. The van der Waals surface area contributed by atoms with E-state index < -0.39 is 21.9 Å². The van der Waals surface area contributed by atoms with Gasteiger partial charge in [-0.2, -0.15) is 0 Å². The maximum absolute atomic E-state index is 11.9. The number of benzene rings is 1. The average molecular weight is 397 g/mol. The summed E-state index contributed by atoms with van der Waals surface area (Å²) < 4.78 is 25.1. The molecule has 1 amide bonds. The van der Waals surface area contributed by atoms with Gasteiger partial charge in [0.2, 0.25) is 5.96 Å². The van der Waals surface area contributed by atoms with Gasteiger partial charge in [-0.25, -0.2) is 8.42 Å². The first kappa shape index (κ1) is 22.5. The molecule has 1 aliphatic rings. The third kappa shape index (κ3) is 6.94. The zero-order valence-electron chi connectivity index (χ0n) is 13.3. The maximum atomic E-state index is 11.9. The number of sulfonamides is 1. The summed E-state index contributed by atoms with van der Waals surface area (Å²) >= 11 is 0. The van der Waals surface area contributed by atoms with Gasteiger partial charge in [-0.05, 0) is 43.5 Å². The number of hydrogen-bond acceptors (Lipinski definition) is 4. The Balaban J connectivity index is 0.00000264. The summed E-state index contributed by atoms with van der Waals surface area (Å²) in [6.07, 6.45) is 4.52. The van der Waals surface area contributed by atoms with Gasteiger partial charge in [0.25, 0.3) is 15.9 Å². The molecule has 2 rings (SSSR count). The molecule has 1 aromatic carbocycles. The highest BCUT2D eigenvalue weighted by atomic mass is 35.5. The minimum atomic E-state index is -3.63. The van der Waals surface area contributed by atoms with Crippen LogP contribution in [0, 0.1) is 0 Å². The Morgan fingerprint density at radius 1 is 1.12 bits per heavy atom. The number of hydrogen-bond donors (Lipinski definition) is 2. The Labute approximate surface area is 154 Å². The molecule has 0 atom stereocenters. The van der Waals surface area contributed by atoms with Gasteiger partial charge in [0.05, 0.1) is 6.26 Å². The van der Waals surface area contributed by atoms with Gasteiger partial charge in [0, 0.05) is 24.3 Å². The monoisotopic (exact) mass is 396 g/mol. The van der Waals surface area contributed by atoms with Crippen LogP contribution in [-0.2, 0) is 10.0 Å². The summed E-state index contributed by atoms with van der Waals surface area (Å²) in [6.45, 7) is 2.05. The summed E-state index contributed by atoms with van der Waals surface area (Å²) in [5.74, 6) is -0.928. The number of nitrogens with two attached hydrogens (primary N) is 1. The van der Waals surface area contributed by atoms with Crippen molar-refractivity contribution in [2.45, 2.75) is 19.3 Å². The van der Waals surface area contributed by atoms with E-state index in [1.54, 1.807) is 12.1 Å². The van der Waals surface area contributed by atoms with Crippen molar-refractivity contribution in [2.75, 3.05) is 24.2 Å². The highest BCUT2D eigenvalue weighted by molar-refractivity contribution is 7.89. The topological polar surface area (TPSA) is 105 Å². The van der Waals surface area contributed by atoms with E-state index in [1.165, 1.54) is 19.3 Å². The number of carbonyl (C=O) groups is 1. The highest BCUT2D eigenvalue weighted by Crippen LogP contribution is 2.20. The van der Waals surface area contributed by atoms with E-state index in [1.807, 2.05) is 12.1 Å². The fourth-order valence-electron chi connectivity index (χ4n) is 2.37. The van der Waals surface area contributed by atoms with Crippen molar-refractivity contribution in [3.63, 3.8) is 0 Å². The second kappa shape index (κ2) is 9.71. The van der Waals surface area contributed by atoms with E-state index in [9.17, 15) is 13.2 Å². The van der Waals surface area contributed by atoms with E-state index >= 15 is 0 Å². The first-order chi connectivity index (χ1) is 10.3. The quantitative estimate of drug-likeness (QED) is 0.595. The van der Waals surface area contributed by atoms with Crippen molar-refractivity contribution in [3.05, 3.63) is 29.8 Å². The Kier molecular flexibility index (Phi) is 9.09. The third-order valence-electron chi connectivity index (χ3n) is 3.36. The smallest absolute Gasteiger partial charge is 0.257 e. The summed E-state index contributed by atoms with van der Waals surface area (Å²) in [5.41, 5.74) is 6.85. The van der Waals surface area contributed by atoms with E-state index in [2.05, 4.69) is 14.6 Å². The largest absolute Gasteiger partial charge is 0.372 e. The zero-order chi connectivity index (χ0) is 16.2. The van der Waals surface area contributed by atoms with Gasteiger partial charge in [0.15, 0.2) is 0 Å². The van der Waals surface area contributed by atoms with Crippen molar-refractivity contribution in [1.82, 2.24) is 5.32 Å². The van der Waals surface area contributed by atoms with Gasteiger partial charge in [-0.1, -0.05) is 0 Å². The highest BCUT2D eigenvalue weighted by Gasteiger charge is 2.12. The molecule has 7 nitrogen and oxygen atoms in total. The molecule has 1 saturated heterocycles. The van der Waals surface area contributed by atoms with Crippen LogP contribution in [-0.4, -0.2) is 39.6 Å². The van der Waals surface area contributed by atoms with Gasteiger partial charge in [-0.3, -0.25) is 10.1 Å². The van der Waals surface area contributed by atoms with Crippen LogP contribution in [0.25, 0.3) is 0 Å². The normalized spacial score (nSPS) is 15.0. The molecule has 0 aliphatic carbocycles. The van der Waals surface area contributed by atoms with E-state index in [0.29, 0.717) is 5.56 Å². The van der Waals surface area contributed by atoms with Crippen LogP contribution < -0.4 is 16.0 Å². The summed E-state index contributed by atoms with van der Waals surface area (Å²) in [6, 6.07) is 7.13. The molecule has 24 heavy (non-hydrogen) atoms. The van der Waals surface area contributed by atoms with Crippen LogP contribution in [0.15, 0.2) is 28.7 Å². The molecule has 0 bridgehead atoms. The fraction of sp³-hybridized carbons (Fsp3) is 0.429. The van der Waals surface area contributed by atoms with Crippen LogP contribution in [0.1, 0.15) is 29.6 Å². The number of nitrogens with zero attached hydrogens (tertiary/aromatic N) is 2. The molecule has 0 spiro atoms. The molecule has 10 heteroatoms. The molecule has 1 aliphatic heterocycles. The molecule has 0 unspecified atom stereocenters. The number of rotatable bonds is 3. The Bertz CT molecular complexity index is 672. The van der Waals surface area contributed by atoms with Crippen molar-refractivity contribution >= 4 is 52.4 Å². The molecule has 1 aromatic rings. The number of halogens is 2. The number of piperidine rings is 1. The standard InChI is InChI=1S/C14H20N4O3S.2ClH/c1-22(20,21)17-14(15)16-13(19)11-5-7-12(8-6-11)18-9-3-2-4-10-18;;/h5-8H,2-4,9-10H2,1H3,(H3,15,16,17,19);2*1H. The Morgan fingerprint density at radius 2 is 1.67 bits per heavy atom. The lowest BCUT2D eigenvalue weighted by Gasteiger charge is -2.28. The van der Waals surface area contributed by atoms with Gasteiger partial charge in [0.1, 0.15) is 0 Å². The second-order valence-corrected chi connectivity index (χ2v) is 6.91. The second-order valence-electron chi connectivity index (χ2n) is 5.26. The van der Waals surface area contributed by atoms with Crippen LogP contribution >= 0.6 is 24.8 Å². The molecule has 136 valence electrons. The summed E-state index contributed by atoms with van der Waals surface area (Å²) in [7, 11) is -3.63. The summed E-state index contributed by atoms with van der Waals surface area (Å²) in [4.78, 5) is 14.2. The Hall–Kier alpha value is -1.51. The van der Waals surface area contributed by atoms with E-state index in [0.717, 1.165) is 25.0 Å². The lowest BCUT2D eigenvalue weighted by atomic mass is 10.1. The number of amides is 1. The SMILES string of the molecule is CS(=O)(=O)/N=C(\N)NC(=O)c1ccc(N2CCCCC2)cc1.Cl.Cl. The van der Waals surface area contributed by atoms with Gasteiger partial charge in [-0.15, -0.1) is 29.2 Å². The molecule has 0 aromatic heterocycles. The number of carbonyl (C=O) groups excluding carboxylic acids is 1. The van der Waals surface area contributed by atoms with Crippen molar-refractivity contribution in [2.24, 2.45) is 10.1 Å². The lowest BCUT2D eigenvalue weighted by Crippen LogP contribution is -2.37. The zero-order valence-corrected chi connectivity index (χ0v) is 15.7. The number of anilines is 1. The van der Waals surface area contributed by atoms with Gasteiger partial charge >= 0.3 is 0 Å².